The molecule has 1 nitrogen and oxygen atoms in total. The quantitative estimate of drug-likeness (QED) is 0.820. The van der Waals surface area contributed by atoms with Crippen molar-refractivity contribution >= 4 is 15.9 Å². The van der Waals surface area contributed by atoms with Crippen LogP contribution in [0, 0.1) is 24.4 Å². The molecular weight excluding hydrogens is 331 g/mol. The molecule has 5 heteroatoms. The van der Waals surface area contributed by atoms with Gasteiger partial charge in [-0.3, -0.25) is 0 Å². The van der Waals surface area contributed by atoms with Gasteiger partial charge in [0.05, 0.1) is 4.47 Å². The second-order valence-electron chi connectivity index (χ2n) is 4.65. The predicted octanol–water partition coefficient (Wildman–Crippen LogP) is 4.42. The lowest BCUT2D eigenvalue weighted by molar-refractivity contribution is 0.500. The number of rotatable bonds is 3. The van der Waals surface area contributed by atoms with Crippen LogP contribution in [0.25, 0.3) is 0 Å². The third-order valence-corrected chi connectivity index (χ3v) is 4.02. The lowest BCUT2D eigenvalue weighted by Crippen LogP contribution is -2.15. The van der Waals surface area contributed by atoms with Crippen molar-refractivity contribution in [1.29, 1.82) is 0 Å². The van der Waals surface area contributed by atoms with Gasteiger partial charge in [-0.15, -0.1) is 0 Å². The van der Waals surface area contributed by atoms with Gasteiger partial charge >= 0.3 is 0 Å². The molecule has 20 heavy (non-hydrogen) atoms. The van der Waals surface area contributed by atoms with Crippen molar-refractivity contribution in [2.75, 3.05) is 0 Å². The molecule has 0 aliphatic carbocycles. The van der Waals surface area contributed by atoms with Crippen LogP contribution in [0.1, 0.15) is 22.7 Å². The van der Waals surface area contributed by atoms with E-state index in [-0.39, 0.29) is 10.3 Å². The van der Waals surface area contributed by atoms with Crippen molar-refractivity contribution in [3.8, 4) is 0 Å². The van der Waals surface area contributed by atoms with Crippen LogP contribution in [0.15, 0.2) is 34.8 Å². The summed E-state index contributed by atoms with van der Waals surface area (Å²) in [5.74, 6) is -2.24. The molecule has 0 saturated heterocycles. The van der Waals surface area contributed by atoms with E-state index in [2.05, 4.69) is 15.9 Å². The maximum absolute atomic E-state index is 13.5. The van der Waals surface area contributed by atoms with E-state index in [1.54, 1.807) is 6.07 Å². The minimum atomic E-state index is -0.964. The van der Waals surface area contributed by atoms with Gasteiger partial charge in [0.1, 0.15) is 5.82 Å². The fourth-order valence-electron chi connectivity index (χ4n) is 2.03. The smallest absolute Gasteiger partial charge is 0.173 e. The molecule has 2 N–H and O–H groups in total. The highest BCUT2D eigenvalue weighted by Gasteiger charge is 2.17. The molecule has 1 unspecified atom stereocenters. The van der Waals surface area contributed by atoms with E-state index in [4.69, 9.17) is 5.73 Å². The molecule has 106 valence electrons. The van der Waals surface area contributed by atoms with Gasteiger partial charge in [-0.05, 0) is 64.2 Å². The summed E-state index contributed by atoms with van der Waals surface area (Å²) in [7, 11) is 0. The van der Waals surface area contributed by atoms with Crippen LogP contribution >= 0.6 is 15.9 Å². The molecule has 2 rings (SSSR count). The maximum Gasteiger partial charge on any atom is 0.173 e. The van der Waals surface area contributed by atoms with E-state index in [9.17, 15) is 13.2 Å². The van der Waals surface area contributed by atoms with Crippen molar-refractivity contribution < 1.29 is 13.2 Å². The molecule has 1 atom stereocenters. The molecule has 0 bridgehead atoms. The molecule has 0 fully saturated rings. The van der Waals surface area contributed by atoms with Crippen LogP contribution in [0.5, 0.6) is 0 Å². The van der Waals surface area contributed by atoms with Gasteiger partial charge in [0.25, 0.3) is 0 Å². The predicted molar refractivity (Wildman–Crippen MR) is 75.8 cm³/mol. The number of halogens is 4. The van der Waals surface area contributed by atoms with Gasteiger partial charge in [-0.1, -0.05) is 12.1 Å². The first kappa shape index (κ1) is 15.1. The van der Waals surface area contributed by atoms with E-state index in [1.165, 1.54) is 18.2 Å². The molecule has 0 amide bonds. The highest BCUT2D eigenvalue weighted by molar-refractivity contribution is 9.10. The van der Waals surface area contributed by atoms with Crippen LogP contribution in [0.4, 0.5) is 13.2 Å². The molecule has 0 radical (unpaired) electrons. The van der Waals surface area contributed by atoms with E-state index in [0.29, 0.717) is 12.0 Å². The Balaban J connectivity index is 2.31. The van der Waals surface area contributed by atoms with Crippen LogP contribution in [0.2, 0.25) is 0 Å². The Morgan fingerprint density at radius 1 is 1.15 bits per heavy atom. The molecule has 0 aromatic heterocycles. The largest absolute Gasteiger partial charge is 0.324 e. The number of hydrogen-bond donors (Lipinski definition) is 1. The third kappa shape index (κ3) is 3.04. The minimum Gasteiger partial charge on any atom is -0.324 e. The SMILES string of the molecule is Cc1ccc(F)cc1CC(N)c1ccc(F)c(F)c1Br. The van der Waals surface area contributed by atoms with Crippen LogP contribution in [0.3, 0.4) is 0 Å². The Morgan fingerprint density at radius 3 is 2.55 bits per heavy atom. The third-order valence-electron chi connectivity index (χ3n) is 3.22. The molecule has 0 heterocycles. The molecular formula is C15H13BrF3N. The average molecular weight is 344 g/mol. The lowest BCUT2D eigenvalue weighted by Gasteiger charge is -2.16. The van der Waals surface area contributed by atoms with E-state index in [1.807, 2.05) is 6.92 Å². The standard InChI is InChI=1S/C15H13BrF3N/c1-8-2-3-10(17)6-9(8)7-13(20)11-4-5-12(18)15(19)14(11)16/h2-6,13H,7,20H2,1H3. The Labute approximate surface area is 123 Å². The van der Waals surface area contributed by atoms with Gasteiger partial charge in [0.15, 0.2) is 11.6 Å². The van der Waals surface area contributed by atoms with Crippen molar-refractivity contribution in [3.63, 3.8) is 0 Å². The molecule has 0 aliphatic rings. The first-order valence-electron chi connectivity index (χ1n) is 6.04. The van der Waals surface area contributed by atoms with Gasteiger partial charge in [-0.25, -0.2) is 13.2 Å². The summed E-state index contributed by atoms with van der Waals surface area (Å²) in [6.45, 7) is 1.85. The molecule has 0 spiro atoms. The minimum absolute atomic E-state index is 0.0130. The number of aryl methyl sites for hydroxylation is 1. The Morgan fingerprint density at radius 2 is 1.85 bits per heavy atom. The fourth-order valence-corrected chi connectivity index (χ4v) is 2.65. The van der Waals surface area contributed by atoms with Gasteiger partial charge in [-0.2, -0.15) is 0 Å². The monoisotopic (exact) mass is 343 g/mol. The van der Waals surface area contributed by atoms with Gasteiger partial charge in [0, 0.05) is 6.04 Å². The topological polar surface area (TPSA) is 26.0 Å². The maximum atomic E-state index is 13.5. The second-order valence-corrected chi connectivity index (χ2v) is 5.44. The van der Waals surface area contributed by atoms with E-state index >= 15 is 0 Å². The first-order chi connectivity index (χ1) is 9.40. The number of nitrogens with two attached hydrogens (primary N) is 1. The number of hydrogen-bond acceptors (Lipinski definition) is 1. The number of benzene rings is 2. The zero-order chi connectivity index (χ0) is 14.9. The summed E-state index contributed by atoms with van der Waals surface area (Å²) >= 11 is 3.01. The fraction of sp³-hybridized carbons (Fsp3) is 0.200. The molecule has 0 aliphatic heterocycles. The van der Waals surface area contributed by atoms with E-state index < -0.39 is 17.7 Å². The highest BCUT2D eigenvalue weighted by Crippen LogP contribution is 2.29. The van der Waals surface area contributed by atoms with Crippen molar-refractivity contribution in [1.82, 2.24) is 0 Å². The second kappa shape index (κ2) is 5.97. The average Bonchev–Trinajstić information content (AvgIpc) is 2.40. The highest BCUT2D eigenvalue weighted by atomic mass is 79.9. The molecule has 2 aromatic carbocycles. The Bertz CT molecular complexity index is 643. The van der Waals surface area contributed by atoms with Crippen LogP contribution in [-0.2, 0) is 6.42 Å². The summed E-state index contributed by atoms with van der Waals surface area (Å²) in [5, 5.41) is 0. The summed E-state index contributed by atoms with van der Waals surface area (Å²) < 4.78 is 39.8. The zero-order valence-corrected chi connectivity index (χ0v) is 12.3. The van der Waals surface area contributed by atoms with Crippen LogP contribution < -0.4 is 5.73 Å². The molecule has 2 aromatic rings. The summed E-state index contributed by atoms with van der Waals surface area (Å²) in [6, 6.07) is 6.36. The Hall–Kier alpha value is -1.33. The summed E-state index contributed by atoms with van der Waals surface area (Å²) in [6.07, 6.45) is 0.341. The lowest BCUT2D eigenvalue weighted by atomic mass is 9.96. The van der Waals surface area contributed by atoms with Crippen molar-refractivity contribution in [3.05, 3.63) is 68.9 Å². The Kier molecular flexibility index (Phi) is 4.50. The van der Waals surface area contributed by atoms with Crippen molar-refractivity contribution in [2.24, 2.45) is 5.73 Å². The van der Waals surface area contributed by atoms with Crippen molar-refractivity contribution in [2.45, 2.75) is 19.4 Å². The van der Waals surface area contributed by atoms with E-state index in [0.717, 1.165) is 17.2 Å². The molecule has 0 saturated carbocycles. The summed E-state index contributed by atoms with van der Waals surface area (Å²) in [5.41, 5.74) is 8.12. The normalized spacial score (nSPS) is 12.5. The van der Waals surface area contributed by atoms with Crippen LogP contribution in [-0.4, -0.2) is 0 Å². The first-order valence-corrected chi connectivity index (χ1v) is 6.83. The zero-order valence-electron chi connectivity index (χ0n) is 10.8. The van der Waals surface area contributed by atoms with Gasteiger partial charge < -0.3 is 5.73 Å². The summed E-state index contributed by atoms with van der Waals surface area (Å²) in [4.78, 5) is 0. The van der Waals surface area contributed by atoms with Gasteiger partial charge in [0.2, 0.25) is 0 Å².